The average molecular weight is 260 g/mol. The Morgan fingerprint density at radius 3 is 2.63 bits per heavy atom. The fourth-order valence-corrected chi connectivity index (χ4v) is 3.17. The predicted molar refractivity (Wildman–Crippen MR) is 77.4 cm³/mol. The largest absolute Gasteiger partial charge is 0.368 e. The van der Waals surface area contributed by atoms with Crippen molar-refractivity contribution >= 4 is 5.91 Å². The maximum absolute atomic E-state index is 12.0. The van der Waals surface area contributed by atoms with E-state index < -0.39 is 5.54 Å². The van der Waals surface area contributed by atoms with Gasteiger partial charge >= 0.3 is 0 Å². The first kappa shape index (κ1) is 14.1. The molecule has 1 saturated carbocycles. The highest BCUT2D eigenvalue weighted by Crippen LogP contribution is 2.37. The molecule has 0 saturated heterocycles. The summed E-state index contributed by atoms with van der Waals surface area (Å²) in [6.07, 6.45) is 3.09. The zero-order valence-electron chi connectivity index (χ0n) is 11.9. The first-order chi connectivity index (χ1) is 9.04. The Morgan fingerprint density at radius 2 is 2.00 bits per heavy atom. The number of nitrogens with one attached hydrogen (secondary N) is 1. The van der Waals surface area contributed by atoms with E-state index in [-0.39, 0.29) is 5.91 Å². The second-order valence-electron chi connectivity index (χ2n) is 5.96. The van der Waals surface area contributed by atoms with E-state index in [0.717, 1.165) is 12.8 Å². The number of hydrogen-bond donors (Lipinski definition) is 2. The van der Waals surface area contributed by atoms with Crippen molar-refractivity contribution in [3.63, 3.8) is 0 Å². The van der Waals surface area contributed by atoms with Gasteiger partial charge in [-0.25, -0.2) is 0 Å². The van der Waals surface area contributed by atoms with Gasteiger partial charge in [0.15, 0.2) is 0 Å². The molecule has 1 amide bonds. The lowest BCUT2D eigenvalue weighted by molar-refractivity contribution is -0.128. The summed E-state index contributed by atoms with van der Waals surface area (Å²) in [5.74, 6) is 0.638. The molecule has 3 nitrogen and oxygen atoms in total. The van der Waals surface area contributed by atoms with Crippen LogP contribution in [0.1, 0.15) is 38.7 Å². The van der Waals surface area contributed by atoms with Gasteiger partial charge in [-0.2, -0.15) is 0 Å². The van der Waals surface area contributed by atoms with E-state index >= 15 is 0 Å². The minimum absolute atomic E-state index is 0.206. The Balaban J connectivity index is 2.13. The quantitative estimate of drug-likeness (QED) is 0.873. The van der Waals surface area contributed by atoms with E-state index in [4.69, 9.17) is 5.73 Å². The number of amides is 1. The highest BCUT2D eigenvalue weighted by atomic mass is 16.1. The molecule has 1 aliphatic carbocycles. The van der Waals surface area contributed by atoms with Gasteiger partial charge in [-0.15, -0.1) is 0 Å². The molecule has 3 atom stereocenters. The maximum atomic E-state index is 12.0. The van der Waals surface area contributed by atoms with Crippen molar-refractivity contribution in [1.29, 1.82) is 0 Å². The molecule has 0 aliphatic heterocycles. The van der Waals surface area contributed by atoms with Crippen LogP contribution in [0.2, 0.25) is 0 Å². The van der Waals surface area contributed by atoms with Crippen molar-refractivity contribution in [1.82, 2.24) is 5.32 Å². The molecular weight excluding hydrogens is 236 g/mol. The van der Waals surface area contributed by atoms with Gasteiger partial charge in [0, 0.05) is 6.54 Å². The second kappa shape index (κ2) is 5.74. The van der Waals surface area contributed by atoms with E-state index in [1.165, 1.54) is 12.0 Å². The summed E-state index contributed by atoms with van der Waals surface area (Å²) in [6.45, 7) is 5.03. The van der Waals surface area contributed by atoms with Gasteiger partial charge in [0.05, 0.1) is 0 Å². The highest BCUT2D eigenvalue weighted by Gasteiger charge is 2.45. The topological polar surface area (TPSA) is 55.1 Å². The Hall–Kier alpha value is -1.35. The van der Waals surface area contributed by atoms with Crippen molar-refractivity contribution in [2.24, 2.45) is 17.6 Å². The number of rotatable bonds is 4. The third-order valence-corrected chi connectivity index (χ3v) is 4.49. The Kier molecular flexibility index (Phi) is 4.25. The number of carbonyl (C=O) groups is 1. The first-order valence-corrected chi connectivity index (χ1v) is 7.13. The standard InChI is InChI=1S/C16H24N2O/c1-12-8-9-13(2)16(10-12,15(17)19)18-11-14-6-4-3-5-7-14/h3-7,12-13,18H,8-11H2,1-2H3,(H2,17,19). The van der Waals surface area contributed by atoms with E-state index in [9.17, 15) is 4.79 Å². The number of carbonyl (C=O) groups excluding carboxylic acids is 1. The molecule has 104 valence electrons. The number of benzene rings is 1. The van der Waals surface area contributed by atoms with Crippen molar-refractivity contribution in [3.8, 4) is 0 Å². The molecule has 1 aromatic rings. The molecule has 1 fully saturated rings. The molecule has 1 aliphatic rings. The monoisotopic (exact) mass is 260 g/mol. The van der Waals surface area contributed by atoms with Crippen LogP contribution in [0, 0.1) is 11.8 Å². The average Bonchev–Trinajstić information content (AvgIpc) is 2.41. The van der Waals surface area contributed by atoms with Crippen LogP contribution in [0.15, 0.2) is 30.3 Å². The summed E-state index contributed by atoms with van der Waals surface area (Å²) in [5, 5.41) is 3.46. The zero-order valence-corrected chi connectivity index (χ0v) is 11.9. The van der Waals surface area contributed by atoms with E-state index in [1.54, 1.807) is 0 Å². The highest BCUT2D eigenvalue weighted by molar-refractivity contribution is 5.85. The maximum Gasteiger partial charge on any atom is 0.238 e. The smallest absolute Gasteiger partial charge is 0.238 e. The van der Waals surface area contributed by atoms with Crippen LogP contribution < -0.4 is 11.1 Å². The van der Waals surface area contributed by atoms with Gasteiger partial charge in [0.25, 0.3) is 0 Å². The summed E-state index contributed by atoms with van der Waals surface area (Å²) in [6, 6.07) is 10.2. The molecular formula is C16H24N2O. The minimum Gasteiger partial charge on any atom is -0.368 e. The summed E-state index contributed by atoms with van der Waals surface area (Å²) in [7, 11) is 0. The SMILES string of the molecule is CC1CCC(C)C(NCc2ccccc2)(C(N)=O)C1. The van der Waals surface area contributed by atoms with Crippen molar-refractivity contribution in [2.75, 3.05) is 0 Å². The second-order valence-corrected chi connectivity index (χ2v) is 5.96. The summed E-state index contributed by atoms with van der Waals surface area (Å²) < 4.78 is 0. The van der Waals surface area contributed by atoms with Gasteiger partial charge in [-0.3, -0.25) is 10.1 Å². The molecule has 3 unspecified atom stereocenters. The Morgan fingerprint density at radius 1 is 1.32 bits per heavy atom. The molecule has 19 heavy (non-hydrogen) atoms. The molecule has 0 radical (unpaired) electrons. The van der Waals surface area contributed by atoms with Crippen LogP contribution in [-0.2, 0) is 11.3 Å². The number of nitrogens with two attached hydrogens (primary N) is 1. The normalized spacial score (nSPS) is 31.1. The lowest BCUT2D eigenvalue weighted by Gasteiger charge is -2.43. The summed E-state index contributed by atoms with van der Waals surface area (Å²) in [4.78, 5) is 12.0. The Labute approximate surface area is 115 Å². The van der Waals surface area contributed by atoms with Crippen LogP contribution in [0.25, 0.3) is 0 Å². The molecule has 0 bridgehead atoms. The lowest BCUT2D eigenvalue weighted by Crippen LogP contribution is -2.61. The summed E-state index contributed by atoms with van der Waals surface area (Å²) in [5.41, 5.74) is 6.36. The number of hydrogen-bond acceptors (Lipinski definition) is 2. The first-order valence-electron chi connectivity index (χ1n) is 7.13. The molecule has 3 N–H and O–H groups in total. The zero-order chi connectivity index (χ0) is 13.9. The molecule has 0 spiro atoms. The third-order valence-electron chi connectivity index (χ3n) is 4.49. The van der Waals surface area contributed by atoms with E-state index in [0.29, 0.717) is 18.4 Å². The molecule has 3 heteroatoms. The van der Waals surface area contributed by atoms with Crippen LogP contribution in [0.3, 0.4) is 0 Å². The van der Waals surface area contributed by atoms with Crippen LogP contribution >= 0.6 is 0 Å². The molecule has 1 aromatic carbocycles. The van der Waals surface area contributed by atoms with Gasteiger partial charge in [-0.1, -0.05) is 50.6 Å². The van der Waals surface area contributed by atoms with E-state index in [1.807, 2.05) is 18.2 Å². The van der Waals surface area contributed by atoms with Gasteiger partial charge in [0.1, 0.15) is 5.54 Å². The third kappa shape index (κ3) is 2.98. The predicted octanol–water partition coefficient (Wildman–Crippen LogP) is 2.46. The fraction of sp³-hybridized carbons (Fsp3) is 0.562. The lowest BCUT2D eigenvalue weighted by atomic mass is 9.69. The van der Waals surface area contributed by atoms with E-state index in [2.05, 4.69) is 31.3 Å². The molecule has 0 aromatic heterocycles. The molecule has 2 rings (SSSR count). The van der Waals surface area contributed by atoms with Crippen LogP contribution in [-0.4, -0.2) is 11.4 Å². The molecule has 0 heterocycles. The van der Waals surface area contributed by atoms with Crippen LogP contribution in [0.4, 0.5) is 0 Å². The fourth-order valence-electron chi connectivity index (χ4n) is 3.17. The number of primary amides is 1. The summed E-state index contributed by atoms with van der Waals surface area (Å²) >= 11 is 0. The van der Waals surface area contributed by atoms with Crippen molar-refractivity contribution < 1.29 is 4.79 Å². The Bertz CT molecular complexity index is 432. The van der Waals surface area contributed by atoms with Crippen LogP contribution in [0.5, 0.6) is 0 Å². The van der Waals surface area contributed by atoms with Gasteiger partial charge in [0.2, 0.25) is 5.91 Å². The minimum atomic E-state index is -0.548. The van der Waals surface area contributed by atoms with Gasteiger partial charge in [-0.05, 0) is 30.2 Å². The van der Waals surface area contributed by atoms with Crippen molar-refractivity contribution in [2.45, 2.75) is 45.2 Å². The van der Waals surface area contributed by atoms with Gasteiger partial charge < -0.3 is 5.73 Å². The van der Waals surface area contributed by atoms with Crippen molar-refractivity contribution in [3.05, 3.63) is 35.9 Å².